The monoisotopic (exact) mass is 396 g/mol. The molecule has 1 aromatic carbocycles. The molecule has 27 heavy (non-hydrogen) atoms. The van der Waals surface area contributed by atoms with Gasteiger partial charge in [-0.1, -0.05) is 6.07 Å². The number of benzene rings is 1. The van der Waals surface area contributed by atoms with Gasteiger partial charge >= 0.3 is 0 Å². The normalized spacial score (nSPS) is 19.3. The fourth-order valence-electron chi connectivity index (χ4n) is 3.75. The number of nitrogens with one attached hydrogen (secondary N) is 2. The van der Waals surface area contributed by atoms with Gasteiger partial charge in [0.05, 0.1) is 9.82 Å². The van der Waals surface area contributed by atoms with E-state index in [2.05, 4.69) is 10.0 Å². The van der Waals surface area contributed by atoms with Gasteiger partial charge in [-0.2, -0.15) is 0 Å². The van der Waals surface area contributed by atoms with Gasteiger partial charge in [0.1, 0.15) is 0 Å². The number of sulfonamides is 1. The molecule has 0 atom stereocenters. The summed E-state index contributed by atoms with van der Waals surface area (Å²) < 4.78 is 26.9. The van der Waals surface area contributed by atoms with Crippen molar-refractivity contribution >= 4 is 21.6 Å². The van der Waals surface area contributed by atoms with E-state index < -0.39 is 14.9 Å². The summed E-state index contributed by atoms with van der Waals surface area (Å²) in [6.45, 7) is 3.43. The van der Waals surface area contributed by atoms with Gasteiger partial charge in [0.2, 0.25) is 15.9 Å². The Kier molecular flexibility index (Phi) is 5.78. The molecule has 2 heterocycles. The van der Waals surface area contributed by atoms with Crippen molar-refractivity contribution in [2.75, 3.05) is 32.7 Å². The lowest BCUT2D eigenvalue weighted by Crippen LogP contribution is -2.44. The number of amides is 1. The Morgan fingerprint density at radius 3 is 2.67 bits per heavy atom. The molecular weight excluding hydrogens is 372 g/mol. The van der Waals surface area contributed by atoms with Crippen molar-refractivity contribution in [3.8, 4) is 0 Å². The summed E-state index contributed by atoms with van der Waals surface area (Å²) in [5.74, 6) is -0.0717. The number of piperidine rings is 1. The van der Waals surface area contributed by atoms with Gasteiger partial charge in [-0.05, 0) is 37.3 Å². The molecule has 2 saturated heterocycles. The van der Waals surface area contributed by atoms with Crippen molar-refractivity contribution < 1.29 is 18.1 Å². The van der Waals surface area contributed by atoms with Crippen LogP contribution in [-0.4, -0.2) is 56.9 Å². The Bertz CT molecular complexity index is 810. The van der Waals surface area contributed by atoms with Crippen LogP contribution < -0.4 is 10.0 Å². The zero-order valence-electron chi connectivity index (χ0n) is 15.0. The molecule has 2 fully saturated rings. The summed E-state index contributed by atoms with van der Waals surface area (Å²) in [5.41, 5.74) is 0.0259. The van der Waals surface area contributed by atoms with E-state index in [-0.39, 0.29) is 29.5 Å². The molecule has 1 aromatic rings. The third-order valence-electron chi connectivity index (χ3n) is 5.48. The SMILES string of the molecule is O=C(CCNS(=O)(=O)c1cccc([N+](=O)[O-])c1)N1CCC2(CCNC2)CC1. The van der Waals surface area contributed by atoms with Crippen molar-refractivity contribution in [3.05, 3.63) is 34.4 Å². The number of carbonyl (C=O) groups is 1. The van der Waals surface area contributed by atoms with E-state index in [9.17, 15) is 23.3 Å². The lowest BCUT2D eigenvalue weighted by atomic mass is 9.78. The van der Waals surface area contributed by atoms with Crippen LogP contribution >= 0.6 is 0 Å². The zero-order valence-corrected chi connectivity index (χ0v) is 15.8. The van der Waals surface area contributed by atoms with Crippen molar-refractivity contribution in [1.29, 1.82) is 0 Å². The van der Waals surface area contributed by atoms with Gasteiger partial charge in [0.15, 0.2) is 0 Å². The molecule has 2 N–H and O–H groups in total. The van der Waals surface area contributed by atoms with Crippen LogP contribution in [0.15, 0.2) is 29.2 Å². The fraction of sp³-hybridized carbons (Fsp3) is 0.588. The quantitative estimate of drug-likeness (QED) is 0.543. The van der Waals surface area contributed by atoms with Crippen LogP contribution in [0.1, 0.15) is 25.7 Å². The van der Waals surface area contributed by atoms with Crippen LogP contribution in [0.3, 0.4) is 0 Å². The minimum absolute atomic E-state index is 0.0347. The third kappa shape index (κ3) is 4.63. The van der Waals surface area contributed by atoms with Crippen molar-refractivity contribution in [2.24, 2.45) is 5.41 Å². The number of carbonyl (C=O) groups excluding carboxylic acids is 1. The molecule has 0 saturated carbocycles. The number of non-ortho nitro benzene ring substituents is 1. The molecule has 1 spiro atoms. The van der Waals surface area contributed by atoms with Crippen LogP contribution in [0.5, 0.6) is 0 Å². The van der Waals surface area contributed by atoms with Crippen molar-refractivity contribution in [2.45, 2.75) is 30.6 Å². The van der Waals surface area contributed by atoms with E-state index in [1.165, 1.54) is 18.2 Å². The number of hydrogen-bond donors (Lipinski definition) is 2. The van der Waals surface area contributed by atoms with Crippen LogP contribution in [0.4, 0.5) is 5.69 Å². The molecule has 10 heteroatoms. The number of hydrogen-bond acceptors (Lipinski definition) is 6. The summed E-state index contributed by atoms with van der Waals surface area (Å²) in [6.07, 6.45) is 3.17. The molecule has 0 aliphatic carbocycles. The molecule has 3 rings (SSSR count). The highest BCUT2D eigenvalue weighted by Gasteiger charge is 2.37. The Morgan fingerprint density at radius 1 is 1.30 bits per heavy atom. The molecule has 2 aliphatic rings. The minimum Gasteiger partial charge on any atom is -0.343 e. The first-order chi connectivity index (χ1) is 12.8. The van der Waals surface area contributed by atoms with Gasteiger partial charge in [-0.15, -0.1) is 0 Å². The standard InChI is InChI=1S/C17H24N4O5S/c22-16(20-10-6-17(7-11-20)5-9-18-13-17)4-8-19-27(25,26)15-3-1-2-14(12-15)21(23)24/h1-3,12,18-19H,4-11,13H2. The van der Waals surface area contributed by atoms with Gasteiger partial charge in [0, 0.05) is 44.7 Å². The molecule has 0 radical (unpaired) electrons. The molecule has 0 bridgehead atoms. The summed E-state index contributed by atoms with van der Waals surface area (Å²) in [4.78, 5) is 24.1. The lowest BCUT2D eigenvalue weighted by Gasteiger charge is -2.39. The first kappa shape index (κ1) is 19.7. The number of likely N-dealkylation sites (tertiary alicyclic amines) is 1. The summed E-state index contributed by atoms with van der Waals surface area (Å²) in [6, 6.07) is 4.84. The topological polar surface area (TPSA) is 122 Å². The van der Waals surface area contributed by atoms with Gasteiger partial charge in [-0.25, -0.2) is 13.1 Å². The largest absolute Gasteiger partial charge is 0.343 e. The molecule has 148 valence electrons. The average Bonchev–Trinajstić information content (AvgIpc) is 3.10. The highest BCUT2D eigenvalue weighted by atomic mass is 32.2. The molecule has 0 unspecified atom stereocenters. The van der Waals surface area contributed by atoms with E-state index >= 15 is 0 Å². The molecule has 1 amide bonds. The van der Waals surface area contributed by atoms with Gasteiger partial charge in [0.25, 0.3) is 5.69 Å². The first-order valence-electron chi connectivity index (χ1n) is 9.04. The smallest absolute Gasteiger partial charge is 0.270 e. The molecular formula is C17H24N4O5S. The maximum atomic E-state index is 12.4. The Morgan fingerprint density at radius 2 is 2.04 bits per heavy atom. The lowest BCUT2D eigenvalue weighted by molar-refractivity contribution is -0.385. The highest BCUT2D eigenvalue weighted by molar-refractivity contribution is 7.89. The van der Waals surface area contributed by atoms with Crippen LogP contribution in [0, 0.1) is 15.5 Å². The number of nitrogens with zero attached hydrogens (tertiary/aromatic N) is 2. The Labute approximate surface area is 158 Å². The van der Waals surface area contributed by atoms with E-state index in [0.29, 0.717) is 18.5 Å². The predicted octanol–water partition coefficient (Wildman–Crippen LogP) is 0.865. The van der Waals surface area contributed by atoms with Crippen LogP contribution in [-0.2, 0) is 14.8 Å². The number of nitro benzene ring substituents is 1. The third-order valence-corrected chi connectivity index (χ3v) is 6.94. The first-order valence-corrected chi connectivity index (χ1v) is 10.5. The summed E-state index contributed by atoms with van der Waals surface area (Å²) in [7, 11) is -3.89. The van der Waals surface area contributed by atoms with Crippen LogP contribution in [0.2, 0.25) is 0 Å². The van der Waals surface area contributed by atoms with E-state index in [1.807, 2.05) is 0 Å². The van der Waals surface area contributed by atoms with Crippen molar-refractivity contribution in [3.63, 3.8) is 0 Å². The molecule has 0 aromatic heterocycles. The van der Waals surface area contributed by atoms with E-state index in [0.717, 1.165) is 38.4 Å². The molecule has 2 aliphatic heterocycles. The highest BCUT2D eigenvalue weighted by Crippen LogP contribution is 2.36. The minimum atomic E-state index is -3.89. The summed E-state index contributed by atoms with van der Waals surface area (Å²) >= 11 is 0. The van der Waals surface area contributed by atoms with Crippen molar-refractivity contribution in [1.82, 2.24) is 14.9 Å². The maximum absolute atomic E-state index is 12.4. The fourth-order valence-corrected chi connectivity index (χ4v) is 4.82. The maximum Gasteiger partial charge on any atom is 0.270 e. The Hall–Kier alpha value is -2.04. The van der Waals surface area contributed by atoms with Gasteiger partial charge in [-0.3, -0.25) is 14.9 Å². The summed E-state index contributed by atoms with van der Waals surface area (Å²) in [5, 5.41) is 14.2. The molecule has 9 nitrogen and oxygen atoms in total. The number of rotatable bonds is 6. The van der Waals surface area contributed by atoms with E-state index in [1.54, 1.807) is 4.90 Å². The van der Waals surface area contributed by atoms with Gasteiger partial charge < -0.3 is 10.2 Å². The zero-order chi connectivity index (χ0) is 19.5. The van der Waals surface area contributed by atoms with Crippen LogP contribution in [0.25, 0.3) is 0 Å². The Balaban J connectivity index is 1.49. The number of nitro groups is 1. The second-order valence-corrected chi connectivity index (χ2v) is 8.98. The second kappa shape index (κ2) is 7.91. The predicted molar refractivity (Wildman–Crippen MR) is 98.6 cm³/mol. The average molecular weight is 396 g/mol. The second-order valence-electron chi connectivity index (χ2n) is 7.21. The van der Waals surface area contributed by atoms with E-state index in [4.69, 9.17) is 0 Å².